The lowest BCUT2D eigenvalue weighted by molar-refractivity contribution is -0.244. The van der Waals surface area contributed by atoms with E-state index in [1.165, 1.54) is 0 Å². The van der Waals surface area contributed by atoms with Crippen LogP contribution in [0.25, 0.3) is 0 Å². The third-order valence-electron chi connectivity index (χ3n) is 1.84. The van der Waals surface area contributed by atoms with E-state index in [9.17, 15) is 18.0 Å². The molecule has 1 unspecified atom stereocenters. The zero-order valence-electron chi connectivity index (χ0n) is 7.47. The minimum atomic E-state index is -4.65. The molecule has 0 saturated heterocycles. The average molecular weight is 200 g/mol. The number of rotatable bonds is 2. The molecule has 0 aromatic heterocycles. The molecule has 0 aliphatic heterocycles. The van der Waals surface area contributed by atoms with Crippen LogP contribution in [0.2, 0.25) is 0 Å². The Kier molecular flexibility index (Phi) is 3.32. The van der Waals surface area contributed by atoms with E-state index >= 15 is 0 Å². The van der Waals surface area contributed by atoms with Crippen LogP contribution in [-0.2, 0) is 9.53 Å². The van der Waals surface area contributed by atoms with Gasteiger partial charge in [0.15, 0.2) is 6.10 Å². The summed E-state index contributed by atoms with van der Waals surface area (Å²) >= 11 is 0. The fourth-order valence-corrected chi connectivity index (χ4v) is 0.561. The van der Waals surface area contributed by atoms with E-state index in [1.54, 1.807) is 0 Å². The van der Waals surface area contributed by atoms with E-state index in [4.69, 9.17) is 5.11 Å². The van der Waals surface area contributed by atoms with Gasteiger partial charge in [-0.3, -0.25) is 0 Å². The second kappa shape index (κ2) is 3.53. The standard InChI is InChI=1S/C7H11F3O3/c1-6(2,7(8,9)10)4(11)5(12)13-3/h4,11H,1-3H3. The summed E-state index contributed by atoms with van der Waals surface area (Å²) in [5, 5.41) is 8.99. The van der Waals surface area contributed by atoms with Crippen molar-refractivity contribution >= 4 is 5.97 Å². The van der Waals surface area contributed by atoms with Crippen LogP contribution in [-0.4, -0.2) is 30.5 Å². The first-order valence-corrected chi connectivity index (χ1v) is 3.47. The molecule has 0 aliphatic carbocycles. The van der Waals surface area contributed by atoms with Crippen LogP contribution in [0, 0.1) is 5.41 Å². The quantitative estimate of drug-likeness (QED) is 0.679. The Hall–Kier alpha value is -0.780. The molecule has 0 fully saturated rings. The molecular formula is C7H11F3O3. The fraction of sp³-hybridized carbons (Fsp3) is 0.857. The normalized spacial score (nSPS) is 15.3. The number of hydrogen-bond acceptors (Lipinski definition) is 3. The highest BCUT2D eigenvalue weighted by Crippen LogP contribution is 2.40. The number of carbonyl (C=O) groups is 1. The zero-order valence-corrected chi connectivity index (χ0v) is 7.47. The number of aliphatic hydroxyl groups is 1. The van der Waals surface area contributed by atoms with Gasteiger partial charge in [-0.15, -0.1) is 0 Å². The Bertz CT molecular complexity index is 198. The molecule has 6 heteroatoms. The van der Waals surface area contributed by atoms with Gasteiger partial charge in [0.25, 0.3) is 0 Å². The van der Waals surface area contributed by atoms with Gasteiger partial charge in [0.1, 0.15) is 0 Å². The minimum Gasteiger partial charge on any atom is -0.467 e. The molecule has 0 spiro atoms. The highest BCUT2D eigenvalue weighted by Gasteiger charge is 2.54. The summed E-state index contributed by atoms with van der Waals surface area (Å²) in [4.78, 5) is 10.6. The van der Waals surface area contributed by atoms with Crippen LogP contribution in [0.5, 0.6) is 0 Å². The van der Waals surface area contributed by atoms with Crippen molar-refractivity contribution in [1.82, 2.24) is 0 Å². The lowest BCUT2D eigenvalue weighted by Crippen LogP contribution is -2.47. The van der Waals surface area contributed by atoms with Crippen molar-refractivity contribution in [2.75, 3.05) is 7.11 Å². The van der Waals surface area contributed by atoms with Crippen LogP contribution in [0.3, 0.4) is 0 Å². The van der Waals surface area contributed by atoms with Crippen molar-refractivity contribution in [3.8, 4) is 0 Å². The topological polar surface area (TPSA) is 46.5 Å². The van der Waals surface area contributed by atoms with Crippen molar-refractivity contribution in [3.63, 3.8) is 0 Å². The molecule has 3 nitrogen and oxygen atoms in total. The predicted molar refractivity (Wildman–Crippen MR) is 37.9 cm³/mol. The number of hydrogen-bond donors (Lipinski definition) is 1. The van der Waals surface area contributed by atoms with Gasteiger partial charge in [-0.2, -0.15) is 13.2 Å². The van der Waals surface area contributed by atoms with E-state index in [0.29, 0.717) is 0 Å². The maximum Gasteiger partial charge on any atom is 0.397 e. The predicted octanol–water partition coefficient (Wildman–Crippen LogP) is 1.11. The van der Waals surface area contributed by atoms with Crippen molar-refractivity contribution < 1.29 is 27.8 Å². The molecule has 1 N–H and O–H groups in total. The Morgan fingerprint density at radius 3 is 2.00 bits per heavy atom. The monoisotopic (exact) mass is 200 g/mol. The van der Waals surface area contributed by atoms with Gasteiger partial charge < -0.3 is 9.84 Å². The van der Waals surface area contributed by atoms with Gasteiger partial charge in [-0.1, -0.05) is 0 Å². The molecule has 0 aromatic carbocycles. The van der Waals surface area contributed by atoms with Crippen LogP contribution in [0.4, 0.5) is 13.2 Å². The third-order valence-corrected chi connectivity index (χ3v) is 1.84. The van der Waals surface area contributed by atoms with E-state index in [-0.39, 0.29) is 0 Å². The minimum absolute atomic E-state index is 0.731. The third kappa shape index (κ3) is 2.33. The van der Waals surface area contributed by atoms with E-state index in [1.807, 2.05) is 0 Å². The molecule has 0 aliphatic rings. The first-order valence-electron chi connectivity index (χ1n) is 3.47. The first kappa shape index (κ1) is 12.2. The van der Waals surface area contributed by atoms with Crippen LogP contribution in [0.1, 0.15) is 13.8 Å². The molecule has 78 valence electrons. The maximum atomic E-state index is 12.2. The number of aliphatic hydroxyl groups excluding tert-OH is 1. The number of halogens is 3. The number of ether oxygens (including phenoxy) is 1. The number of methoxy groups -OCH3 is 1. The molecule has 0 rings (SSSR count). The highest BCUT2D eigenvalue weighted by atomic mass is 19.4. The van der Waals surface area contributed by atoms with Gasteiger partial charge in [-0.05, 0) is 13.8 Å². The Labute approximate surface area is 73.5 Å². The molecular weight excluding hydrogens is 189 g/mol. The summed E-state index contributed by atoms with van der Waals surface area (Å²) in [6, 6.07) is 0. The SMILES string of the molecule is COC(=O)C(O)C(C)(C)C(F)(F)F. The summed E-state index contributed by atoms with van der Waals surface area (Å²) in [5.74, 6) is -1.29. The highest BCUT2D eigenvalue weighted by molar-refractivity contribution is 5.75. The van der Waals surface area contributed by atoms with Crippen molar-refractivity contribution in [2.24, 2.45) is 5.41 Å². The second-order valence-corrected chi connectivity index (χ2v) is 3.15. The van der Waals surface area contributed by atoms with Crippen LogP contribution < -0.4 is 0 Å². The smallest absolute Gasteiger partial charge is 0.397 e. The van der Waals surface area contributed by atoms with Crippen molar-refractivity contribution in [2.45, 2.75) is 26.1 Å². The molecule has 1 atom stereocenters. The molecule has 13 heavy (non-hydrogen) atoms. The van der Waals surface area contributed by atoms with E-state index in [0.717, 1.165) is 21.0 Å². The van der Waals surface area contributed by atoms with Gasteiger partial charge >= 0.3 is 12.1 Å². The van der Waals surface area contributed by atoms with Gasteiger partial charge in [-0.25, -0.2) is 4.79 Å². The number of alkyl halides is 3. The summed E-state index contributed by atoms with van der Waals surface area (Å²) < 4.78 is 40.6. The largest absolute Gasteiger partial charge is 0.467 e. The molecule has 0 aromatic rings. The first-order chi connectivity index (χ1) is 5.64. The van der Waals surface area contributed by atoms with Crippen LogP contribution >= 0.6 is 0 Å². The van der Waals surface area contributed by atoms with E-state index < -0.39 is 23.7 Å². The molecule has 0 amide bonds. The lowest BCUT2D eigenvalue weighted by Gasteiger charge is -2.30. The molecule has 0 bridgehead atoms. The fourth-order valence-electron chi connectivity index (χ4n) is 0.561. The lowest BCUT2D eigenvalue weighted by atomic mass is 9.86. The van der Waals surface area contributed by atoms with Gasteiger partial charge in [0, 0.05) is 0 Å². The number of esters is 1. The van der Waals surface area contributed by atoms with Gasteiger partial charge in [0.2, 0.25) is 0 Å². The van der Waals surface area contributed by atoms with Crippen molar-refractivity contribution in [1.29, 1.82) is 0 Å². The average Bonchev–Trinajstić information content (AvgIpc) is 1.99. The Balaban J connectivity index is 4.74. The summed E-state index contributed by atoms with van der Waals surface area (Å²) in [7, 11) is 0.915. The number of carbonyl (C=O) groups excluding carboxylic acids is 1. The van der Waals surface area contributed by atoms with E-state index in [2.05, 4.69) is 4.74 Å². The van der Waals surface area contributed by atoms with Crippen molar-refractivity contribution in [3.05, 3.63) is 0 Å². The zero-order chi connectivity index (χ0) is 10.9. The Morgan fingerprint density at radius 1 is 1.38 bits per heavy atom. The summed E-state index contributed by atoms with van der Waals surface area (Å²) in [6.45, 7) is 1.46. The second-order valence-electron chi connectivity index (χ2n) is 3.15. The molecule has 0 saturated carbocycles. The molecule has 0 radical (unpaired) electrons. The maximum absolute atomic E-state index is 12.2. The Morgan fingerprint density at radius 2 is 1.77 bits per heavy atom. The van der Waals surface area contributed by atoms with Crippen LogP contribution in [0.15, 0.2) is 0 Å². The summed E-state index contributed by atoms with van der Waals surface area (Å²) in [6.07, 6.45) is -6.85. The molecule has 0 heterocycles. The summed E-state index contributed by atoms with van der Waals surface area (Å²) in [5.41, 5.74) is -2.50. The van der Waals surface area contributed by atoms with Gasteiger partial charge in [0.05, 0.1) is 12.5 Å².